The summed E-state index contributed by atoms with van der Waals surface area (Å²) in [5.41, 5.74) is 2.43. The number of thiazole rings is 1. The molecule has 1 aliphatic heterocycles. The number of carbonyl (C=O) groups excluding carboxylic acids is 1. The maximum absolute atomic E-state index is 13.4. The molecule has 4 rings (SSSR count). The van der Waals surface area contributed by atoms with Gasteiger partial charge in [0.05, 0.1) is 23.5 Å². The van der Waals surface area contributed by atoms with Crippen LogP contribution >= 0.6 is 23.1 Å². The average Bonchev–Trinajstić information content (AvgIpc) is 3.09. The summed E-state index contributed by atoms with van der Waals surface area (Å²) in [7, 11) is 1.59. The molecule has 1 aromatic heterocycles. The Bertz CT molecular complexity index is 1050. The van der Waals surface area contributed by atoms with Crippen molar-refractivity contribution >= 4 is 34.7 Å². The molecule has 2 heterocycles. The lowest BCUT2D eigenvalue weighted by molar-refractivity contribution is 0.0986. The van der Waals surface area contributed by atoms with E-state index in [1.807, 2.05) is 47.2 Å². The maximum Gasteiger partial charge on any atom is 0.258 e. The highest BCUT2D eigenvalue weighted by atomic mass is 32.2. The Morgan fingerprint density at radius 2 is 2.07 bits per heavy atom. The van der Waals surface area contributed by atoms with Crippen LogP contribution in [-0.4, -0.2) is 29.8 Å². The van der Waals surface area contributed by atoms with E-state index in [1.54, 1.807) is 36.6 Å². The molecular formula is C23H24N2O3S2. The highest BCUT2D eigenvalue weighted by Gasteiger charge is 2.25. The van der Waals surface area contributed by atoms with Crippen molar-refractivity contribution in [2.75, 3.05) is 18.6 Å². The number of carbonyl (C=O) groups is 1. The van der Waals surface area contributed by atoms with E-state index in [2.05, 4.69) is 18.0 Å². The number of methoxy groups -OCH3 is 1. The second kappa shape index (κ2) is 9.10. The number of para-hydroxylation sites is 1. The van der Waals surface area contributed by atoms with E-state index in [4.69, 9.17) is 9.47 Å². The zero-order chi connectivity index (χ0) is 21.1. The van der Waals surface area contributed by atoms with Gasteiger partial charge in [0.15, 0.2) is 11.5 Å². The standard InChI is InChI=1S/C23H24N2O3S2/c1-15-10-11-25(19-6-4-5-7-22(19)30-15)23(26)17-8-9-20(21(12-17)27-3)28-13-18-14-29-16(2)24-18/h4-9,12,14-15H,10-11,13H2,1-3H3/t15-/m1/s1. The Kier molecular flexibility index (Phi) is 6.29. The summed E-state index contributed by atoms with van der Waals surface area (Å²) in [5, 5.41) is 3.45. The summed E-state index contributed by atoms with van der Waals surface area (Å²) in [5.74, 6) is 1.11. The molecule has 1 atom stereocenters. The molecule has 1 aliphatic rings. The molecule has 0 saturated heterocycles. The third kappa shape index (κ3) is 4.47. The smallest absolute Gasteiger partial charge is 0.258 e. The van der Waals surface area contributed by atoms with Crippen LogP contribution in [0.5, 0.6) is 11.5 Å². The van der Waals surface area contributed by atoms with Crippen LogP contribution in [-0.2, 0) is 6.61 Å². The van der Waals surface area contributed by atoms with Gasteiger partial charge in [-0.2, -0.15) is 0 Å². The summed E-state index contributed by atoms with van der Waals surface area (Å²) in [6.45, 7) is 5.22. The zero-order valence-electron chi connectivity index (χ0n) is 17.3. The van der Waals surface area contributed by atoms with Crippen molar-refractivity contribution < 1.29 is 14.3 Å². The largest absolute Gasteiger partial charge is 0.493 e. The number of rotatable bonds is 5. The van der Waals surface area contributed by atoms with Crippen LogP contribution in [0, 0.1) is 6.92 Å². The lowest BCUT2D eigenvalue weighted by atomic mass is 10.1. The monoisotopic (exact) mass is 440 g/mol. The number of amides is 1. The molecule has 0 unspecified atom stereocenters. The van der Waals surface area contributed by atoms with Gasteiger partial charge in [-0.05, 0) is 43.7 Å². The highest BCUT2D eigenvalue weighted by Crippen LogP contribution is 2.38. The quantitative estimate of drug-likeness (QED) is 0.519. The minimum Gasteiger partial charge on any atom is -0.493 e. The summed E-state index contributed by atoms with van der Waals surface area (Å²) in [4.78, 5) is 20.8. The second-order valence-corrected chi connectivity index (χ2v) is 9.70. The SMILES string of the molecule is COc1cc(C(=O)N2CC[C@@H](C)Sc3ccccc32)ccc1OCc1csc(C)n1. The first kappa shape index (κ1) is 20.8. The molecule has 30 heavy (non-hydrogen) atoms. The van der Waals surface area contributed by atoms with Gasteiger partial charge >= 0.3 is 0 Å². The molecule has 0 radical (unpaired) electrons. The minimum absolute atomic E-state index is 0.0304. The normalized spacial score (nSPS) is 16.0. The number of aryl methyl sites for hydroxylation is 1. The van der Waals surface area contributed by atoms with Crippen molar-refractivity contribution in [3.8, 4) is 11.5 Å². The van der Waals surface area contributed by atoms with Crippen molar-refractivity contribution in [2.24, 2.45) is 0 Å². The molecule has 156 valence electrons. The van der Waals surface area contributed by atoms with Crippen LogP contribution in [0.25, 0.3) is 0 Å². The first-order chi connectivity index (χ1) is 14.5. The summed E-state index contributed by atoms with van der Waals surface area (Å²) >= 11 is 3.42. The molecule has 1 amide bonds. The number of anilines is 1. The van der Waals surface area contributed by atoms with Gasteiger partial charge in [0.25, 0.3) is 5.91 Å². The van der Waals surface area contributed by atoms with Crippen molar-refractivity contribution in [2.45, 2.75) is 37.0 Å². The van der Waals surface area contributed by atoms with Gasteiger partial charge in [0, 0.05) is 27.6 Å². The predicted octanol–water partition coefficient (Wildman–Crippen LogP) is 5.57. The summed E-state index contributed by atoms with van der Waals surface area (Å²) in [6, 6.07) is 13.5. The van der Waals surface area contributed by atoms with E-state index in [1.165, 1.54) is 0 Å². The summed E-state index contributed by atoms with van der Waals surface area (Å²) < 4.78 is 11.4. The third-order valence-corrected chi connectivity index (χ3v) is 7.00. The molecule has 7 heteroatoms. The van der Waals surface area contributed by atoms with Crippen LogP contribution in [0.3, 0.4) is 0 Å². The Hall–Kier alpha value is -2.51. The maximum atomic E-state index is 13.4. The molecule has 2 aromatic carbocycles. The number of aromatic nitrogens is 1. The zero-order valence-corrected chi connectivity index (χ0v) is 18.9. The highest BCUT2D eigenvalue weighted by molar-refractivity contribution is 8.00. The number of fused-ring (bicyclic) bond motifs is 1. The Morgan fingerprint density at radius 3 is 2.83 bits per heavy atom. The van der Waals surface area contributed by atoms with Crippen molar-refractivity contribution in [1.29, 1.82) is 0 Å². The van der Waals surface area contributed by atoms with E-state index in [0.29, 0.717) is 35.5 Å². The third-order valence-electron chi connectivity index (χ3n) is 4.94. The van der Waals surface area contributed by atoms with Crippen LogP contribution in [0.1, 0.15) is 34.4 Å². The molecule has 0 aliphatic carbocycles. The Morgan fingerprint density at radius 1 is 1.23 bits per heavy atom. The average molecular weight is 441 g/mol. The minimum atomic E-state index is -0.0304. The van der Waals surface area contributed by atoms with Gasteiger partial charge in [-0.25, -0.2) is 4.98 Å². The molecule has 0 spiro atoms. The fraction of sp³-hybridized carbons (Fsp3) is 0.304. The Labute approximate surface area is 185 Å². The van der Waals surface area contributed by atoms with E-state index in [9.17, 15) is 4.79 Å². The van der Waals surface area contributed by atoms with E-state index in [0.717, 1.165) is 27.7 Å². The number of hydrogen-bond acceptors (Lipinski definition) is 6. The van der Waals surface area contributed by atoms with Gasteiger partial charge in [-0.1, -0.05) is 19.1 Å². The van der Waals surface area contributed by atoms with Crippen LogP contribution in [0.4, 0.5) is 5.69 Å². The lowest BCUT2D eigenvalue weighted by Gasteiger charge is -2.23. The second-order valence-electron chi connectivity index (χ2n) is 7.15. The number of benzene rings is 2. The van der Waals surface area contributed by atoms with Crippen LogP contribution in [0.15, 0.2) is 52.7 Å². The first-order valence-corrected chi connectivity index (χ1v) is 11.6. The fourth-order valence-electron chi connectivity index (χ4n) is 3.40. The van der Waals surface area contributed by atoms with Crippen molar-refractivity contribution in [3.05, 3.63) is 64.1 Å². The van der Waals surface area contributed by atoms with Gasteiger partial charge in [-0.15, -0.1) is 23.1 Å². The fourth-order valence-corrected chi connectivity index (χ4v) is 5.11. The molecular weight excluding hydrogens is 416 g/mol. The molecule has 5 nitrogen and oxygen atoms in total. The van der Waals surface area contributed by atoms with Gasteiger partial charge in [0.1, 0.15) is 6.61 Å². The molecule has 0 saturated carbocycles. The number of thioether (sulfide) groups is 1. The number of ether oxygens (including phenoxy) is 2. The number of nitrogens with zero attached hydrogens (tertiary/aromatic N) is 2. The lowest BCUT2D eigenvalue weighted by Crippen LogP contribution is -2.32. The predicted molar refractivity (Wildman–Crippen MR) is 122 cm³/mol. The van der Waals surface area contributed by atoms with Crippen molar-refractivity contribution in [1.82, 2.24) is 4.98 Å². The Balaban J connectivity index is 1.57. The van der Waals surface area contributed by atoms with Crippen molar-refractivity contribution in [3.63, 3.8) is 0 Å². The number of hydrogen-bond donors (Lipinski definition) is 0. The van der Waals surface area contributed by atoms with Gasteiger partial charge in [-0.3, -0.25) is 4.79 Å². The van der Waals surface area contributed by atoms with Gasteiger partial charge < -0.3 is 14.4 Å². The van der Waals surface area contributed by atoms with Gasteiger partial charge in [0.2, 0.25) is 0 Å². The summed E-state index contributed by atoms with van der Waals surface area (Å²) in [6.07, 6.45) is 0.941. The topological polar surface area (TPSA) is 51.7 Å². The molecule has 0 fully saturated rings. The van der Waals surface area contributed by atoms with E-state index >= 15 is 0 Å². The van der Waals surface area contributed by atoms with E-state index in [-0.39, 0.29) is 5.91 Å². The molecule has 0 N–H and O–H groups in total. The van der Waals surface area contributed by atoms with Crippen LogP contribution < -0.4 is 14.4 Å². The molecule has 0 bridgehead atoms. The first-order valence-electron chi connectivity index (χ1n) is 9.84. The van der Waals surface area contributed by atoms with E-state index < -0.39 is 0 Å². The van der Waals surface area contributed by atoms with Crippen LogP contribution in [0.2, 0.25) is 0 Å². The molecule has 3 aromatic rings.